The van der Waals surface area contributed by atoms with Crippen LogP contribution in [-0.4, -0.2) is 20.7 Å². The molecule has 1 atom stereocenters. The Hall–Kier alpha value is -2.57. The maximum atomic E-state index is 11.9. The zero-order valence-corrected chi connectivity index (χ0v) is 15.0. The number of benzene rings is 2. The number of amides is 1. The van der Waals surface area contributed by atoms with E-state index in [0.29, 0.717) is 21.7 Å². The van der Waals surface area contributed by atoms with Gasteiger partial charge in [0.15, 0.2) is 0 Å². The molecule has 2 aromatic carbocycles. The predicted octanol–water partition coefficient (Wildman–Crippen LogP) is 4.10. The summed E-state index contributed by atoms with van der Waals surface area (Å²) in [4.78, 5) is 16.0. The number of rotatable bonds is 4. The van der Waals surface area contributed by atoms with Crippen LogP contribution in [0, 0.1) is 0 Å². The molecule has 0 fully saturated rings. The van der Waals surface area contributed by atoms with Gasteiger partial charge in [-0.1, -0.05) is 41.4 Å². The minimum Gasteiger partial charge on any atom is -0.489 e. The molecule has 1 aliphatic rings. The quantitative estimate of drug-likeness (QED) is 0.730. The van der Waals surface area contributed by atoms with Crippen molar-refractivity contribution in [1.29, 1.82) is 0 Å². The SMILES string of the molecule is O=C1C[C@H](c2cccc(OCc3c(Cl)cccc3Cl)c2)n2ncnc2N1. The average molecular weight is 389 g/mol. The molecule has 0 radical (unpaired) electrons. The maximum Gasteiger partial charge on any atom is 0.229 e. The Morgan fingerprint density at radius 3 is 2.77 bits per heavy atom. The third kappa shape index (κ3) is 3.25. The second kappa shape index (κ2) is 6.97. The Kier molecular flexibility index (Phi) is 4.53. The van der Waals surface area contributed by atoms with Crippen LogP contribution < -0.4 is 10.1 Å². The van der Waals surface area contributed by atoms with Crippen LogP contribution in [0.3, 0.4) is 0 Å². The average Bonchev–Trinajstić information content (AvgIpc) is 3.09. The first-order chi connectivity index (χ1) is 12.6. The van der Waals surface area contributed by atoms with Crippen molar-refractivity contribution in [2.45, 2.75) is 19.1 Å². The number of hydrogen-bond acceptors (Lipinski definition) is 4. The number of carbonyl (C=O) groups excluding carboxylic acids is 1. The zero-order valence-electron chi connectivity index (χ0n) is 13.5. The third-order valence-corrected chi connectivity index (χ3v) is 4.89. The monoisotopic (exact) mass is 388 g/mol. The molecule has 1 amide bonds. The fraction of sp³-hybridized carbons (Fsp3) is 0.167. The van der Waals surface area contributed by atoms with Crippen LogP contribution in [0.1, 0.15) is 23.6 Å². The summed E-state index contributed by atoms with van der Waals surface area (Å²) >= 11 is 12.4. The molecule has 0 unspecified atom stereocenters. The summed E-state index contributed by atoms with van der Waals surface area (Å²) in [5.41, 5.74) is 1.64. The highest BCUT2D eigenvalue weighted by molar-refractivity contribution is 6.35. The van der Waals surface area contributed by atoms with Crippen molar-refractivity contribution in [3.05, 3.63) is 70.0 Å². The van der Waals surface area contributed by atoms with E-state index in [-0.39, 0.29) is 25.0 Å². The Bertz CT molecular complexity index is 953. The summed E-state index contributed by atoms with van der Waals surface area (Å²) in [5.74, 6) is 1.01. The smallest absolute Gasteiger partial charge is 0.229 e. The van der Waals surface area contributed by atoms with Crippen LogP contribution in [0.5, 0.6) is 5.75 Å². The molecule has 0 saturated carbocycles. The van der Waals surface area contributed by atoms with E-state index in [2.05, 4.69) is 15.4 Å². The summed E-state index contributed by atoms with van der Waals surface area (Å²) < 4.78 is 7.57. The van der Waals surface area contributed by atoms with Crippen LogP contribution in [0.4, 0.5) is 5.95 Å². The molecular formula is C18H14Cl2N4O2. The Morgan fingerprint density at radius 2 is 1.96 bits per heavy atom. The number of ether oxygens (including phenoxy) is 1. The first kappa shape index (κ1) is 16.9. The summed E-state index contributed by atoms with van der Waals surface area (Å²) in [7, 11) is 0. The van der Waals surface area contributed by atoms with Gasteiger partial charge in [0.05, 0.1) is 12.5 Å². The fourth-order valence-corrected chi connectivity index (χ4v) is 3.41. The molecule has 3 aromatic rings. The fourth-order valence-electron chi connectivity index (χ4n) is 2.90. The summed E-state index contributed by atoms with van der Waals surface area (Å²) in [5, 5.41) is 8.03. The molecular weight excluding hydrogens is 375 g/mol. The van der Waals surface area contributed by atoms with Gasteiger partial charge >= 0.3 is 0 Å². The third-order valence-electron chi connectivity index (χ3n) is 4.19. The molecule has 6 nitrogen and oxygen atoms in total. The largest absolute Gasteiger partial charge is 0.489 e. The van der Waals surface area contributed by atoms with Crippen molar-refractivity contribution in [3.8, 4) is 5.75 Å². The molecule has 0 aliphatic carbocycles. The van der Waals surface area contributed by atoms with E-state index in [9.17, 15) is 4.79 Å². The second-order valence-electron chi connectivity index (χ2n) is 5.86. The molecule has 0 spiro atoms. The summed E-state index contributed by atoms with van der Waals surface area (Å²) in [6, 6.07) is 12.7. The highest BCUT2D eigenvalue weighted by atomic mass is 35.5. The lowest BCUT2D eigenvalue weighted by atomic mass is 10.0. The van der Waals surface area contributed by atoms with Gasteiger partial charge in [-0.25, -0.2) is 4.68 Å². The Balaban J connectivity index is 1.57. The van der Waals surface area contributed by atoms with Crippen molar-refractivity contribution >= 4 is 35.1 Å². The van der Waals surface area contributed by atoms with Gasteiger partial charge in [0.25, 0.3) is 0 Å². The van der Waals surface area contributed by atoms with E-state index in [4.69, 9.17) is 27.9 Å². The van der Waals surface area contributed by atoms with Crippen LogP contribution in [0.2, 0.25) is 10.0 Å². The van der Waals surface area contributed by atoms with E-state index in [0.717, 1.165) is 11.1 Å². The molecule has 26 heavy (non-hydrogen) atoms. The summed E-state index contributed by atoms with van der Waals surface area (Å²) in [6.07, 6.45) is 1.71. The molecule has 0 saturated heterocycles. The lowest BCUT2D eigenvalue weighted by Crippen LogP contribution is -2.29. The molecule has 0 bridgehead atoms. The number of fused-ring (bicyclic) bond motifs is 1. The number of hydrogen-bond donors (Lipinski definition) is 1. The number of anilines is 1. The topological polar surface area (TPSA) is 69.0 Å². The molecule has 132 valence electrons. The predicted molar refractivity (Wildman–Crippen MR) is 98.6 cm³/mol. The van der Waals surface area contributed by atoms with Crippen LogP contribution >= 0.6 is 23.2 Å². The van der Waals surface area contributed by atoms with Gasteiger partial charge < -0.3 is 4.74 Å². The first-order valence-corrected chi connectivity index (χ1v) is 8.72. The van der Waals surface area contributed by atoms with E-state index in [1.54, 1.807) is 22.9 Å². The van der Waals surface area contributed by atoms with Crippen molar-refractivity contribution in [1.82, 2.24) is 14.8 Å². The minimum absolute atomic E-state index is 0.0929. The lowest BCUT2D eigenvalue weighted by Gasteiger charge is -2.24. The van der Waals surface area contributed by atoms with Gasteiger partial charge in [-0.3, -0.25) is 10.1 Å². The van der Waals surface area contributed by atoms with E-state index < -0.39 is 0 Å². The van der Waals surface area contributed by atoms with Crippen molar-refractivity contribution in [2.24, 2.45) is 0 Å². The molecule has 2 heterocycles. The molecule has 1 aliphatic heterocycles. The van der Waals surface area contributed by atoms with Gasteiger partial charge in [0.1, 0.15) is 18.7 Å². The van der Waals surface area contributed by atoms with Crippen LogP contribution in [0.15, 0.2) is 48.8 Å². The maximum absolute atomic E-state index is 11.9. The number of nitrogens with one attached hydrogen (secondary N) is 1. The second-order valence-corrected chi connectivity index (χ2v) is 6.67. The normalized spacial score (nSPS) is 16.1. The molecule has 1 N–H and O–H groups in total. The van der Waals surface area contributed by atoms with Crippen molar-refractivity contribution in [2.75, 3.05) is 5.32 Å². The van der Waals surface area contributed by atoms with E-state index in [1.807, 2.05) is 24.3 Å². The van der Waals surface area contributed by atoms with Gasteiger partial charge in [-0.2, -0.15) is 10.1 Å². The Morgan fingerprint density at radius 1 is 1.19 bits per heavy atom. The van der Waals surface area contributed by atoms with Gasteiger partial charge in [0, 0.05) is 15.6 Å². The van der Waals surface area contributed by atoms with Gasteiger partial charge in [-0.15, -0.1) is 0 Å². The number of carbonyl (C=O) groups is 1. The minimum atomic E-state index is -0.228. The molecule has 8 heteroatoms. The van der Waals surface area contributed by atoms with Gasteiger partial charge in [-0.05, 0) is 29.8 Å². The van der Waals surface area contributed by atoms with E-state index in [1.165, 1.54) is 6.33 Å². The Labute approximate surface area is 159 Å². The molecule has 1 aromatic heterocycles. The summed E-state index contributed by atoms with van der Waals surface area (Å²) in [6.45, 7) is 0.252. The van der Waals surface area contributed by atoms with E-state index >= 15 is 0 Å². The number of halogens is 2. The highest BCUT2D eigenvalue weighted by Crippen LogP contribution is 2.31. The first-order valence-electron chi connectivity index (χ1n) is 7.97. The number of nitrogens with zero attached hydrogens (tertiary/aromatic N) is 3. The van der Waals surface area contributed by atoms with Crippen molar-refractivity contribution in [3.63, 3.8) is 0 Å². The number of aromatic nitrogens is 3. The van der Waals surface area contributed by atoms with Crippen LogP contribution in [-0.2, 0) is 11.4 Å². The van der Waals surface area contributed by atoms with Crippen molar-refractivity contribution < 1.29 is 9.53 Å². The molecule has 4 rings (SSSR count). The lowest BCUT2D eigenvalue weighted by molar-refractivity contribution is -0.117. The van der Waals surface area contributed by atoms with Crippen LogP contribution in [0.25, 0.3) is 0 Å². The highest BCUT2D eigenvalue weighted by Gasteiger charge is 2.27. The zero-order chi connectivity index (χ0) is 18.1. The standard InChI is InChI=1S/C18H14Cl2N4O2/c19-14-5-2-6-15(20)13(14)9-26-12-4-1-3-11(7-12)16-8-17(25)23-18-21-10-22-24(16)18/h1-7,10,16H,8-9H2,(H,21,22,23,25)/t16-/m1/s1. The van der Waals surface area contributed by atoms with Gasteiger partial charge in [0.2, 0.25) is 11.9 Å².